The van der Waals surface area contributed by atoms with Crippen LogP contribution in [0, 0.1) is 11.8 Å². The van der Waals surface area contributed by atoms with Gasteiger partial charge >= 0.3 is 5.97 Å². The van der Waals surface area contributed by atoms with Gasteiger partial charge in [0.05, 0.1) is 27.5 Å². The van der Waals surface area contributed by atoms with Crippen LogP contribution in [0.15, 0.2) is 34.3 Å². The minimum atomic E-state index is -2.05. The molecule has 0 aromatic heterocycles. The van der Waals surface area contributed by atoms with Crippen LogP contribution in [0.5, 0.6) is 0 Å². The molecule has 5 nitrogen and oxygen atoms in total. The van der Waals surface area contributed by atoms with Crippen molar-refractivity contribution in [3.8, 4) is 0 Å². The Balaban J connectivity index is 1.71. The van der Waals surface area contributed by atoms with Gasteiger partial charge in [0.15, 0.2) is 4.33 Å². The number of halogens is 7. The monoisotopic (exact) mass is 521 g/mol. The summed E-state index contributed by atoms with van der Waals surface area (Å²) in [6.45, 7) is 0. The van der Waals surface area contributed by atoms with Gasteiger partial charge in [0.2, 0.25) is 0 Å². The Morgan fingerprint density at radius 1 is 0.857 bits per heavy atom. The molecule has 0 N–H and O–H groups in total. The van der Waals surface area contributed by atoms with Crippen molar-refractivity contribution < 1.29 is 19.2 Å². The SMILES string of the molecule is O=C(ON1C(=O)[C@@H]2[C@@H](C1=O)[C@]1(Cl)C(Cl)=C(Cl)[C@]2(Cl)C1(Cl)Cl)c1ccc(Cl)cc1. The quantitative estimate of drug-likeness (QED) is 0.410. The van der Waals surface area contributed by atoms with E-state index in [9.17, 15) is 14.4 Å². The molecule has 3 aliphatic rings. The first-order valence-electron chi connectivity index (χ1n) is 7.58. The van der Waals surface area contributed by atoms with Gasteiger partial charge in [-0.05, 0) is 24.3 Å². The first kappa shape index (κ1) is 20.9. The summed E-state index contributed by atoms with van der Waals surface area (Å²) < 4.78 is -2.05. The van der Waals surface area contributed by atoms with Crippen molar-refractivity contribution in [2.75, 3.05) is 0 Å². The lowest BCUT2D eigenvalue weighted by Crippen LogP contribution is -2.50. The fourth-order valence-electron chi connectivity index (χ4n) is 3.78. The van der Waals surface area contributed by atoms with Crippen LogP contribution in [0.2, 0.25) is 5.02 Å². The van der Waals surface area contributed by atoms with E-state index in [0.29, 0.717) is 10.1 Å². The predicted octanol–water partition coefficient (Wildman–Crippen LogP) is 4.86. The molecule has 2 bridgehead atoms. The maximum Gasteiger partial charge on any atom is 0.363 e. The number of nitrogens with zero attached hydrogens (tertiary/aromatic N) is 1. The Morgan fingerprint density at radius 2 is 1.29 bits per heavy atom. The van der Waals surface area contributed by atoms with Gasteiger partial charge in [0.25, 0.3) is 11.8 Å². The first-order chi connectivity index (χ1) is 12.9. The van der Waals surface area contributed by atoms with Crippen molar-refractivity contribution in [3.63, 3.8) is 0 Å². The maximum atomic E-state index is 12.9. The molecule has 148 valence electrons. The molecule has 28 heavy (non-hydrogen) atoms. The highest BCUT2D eigenvalue weighted by Crippen LogP contribution is 2.77. The van der Waals surface area contributed by atoms with E-state index in [2.05, 4.69) is 0 Å². The molecule has 1 saturated carbocycles. The van der Waals surface area contributed by atoms with Gasteiger partial charge in [0.1, 0.15) is 9.75 Å². The number of carbonyl (C=O) groups excluding carboxylic acids is 3. The molecule has 4 atom stereocenters. The lowest BCUT2D eigenvalue weighted by molar-refractivity contribution is -0.175. The van der Waals surface area contributed by atoms with Crippen LogP contribution in [0.1, 0.15) is 10.4 Å². The summed E-state index contributed by atoms with van der Waals surface area (Å²) in [6, 6.07) is 5.62. The molecule has 2 fully saturated rings. The second-order valence-corrected chi connectivity index (χ2v) is 10.1. The van der Waals surface area contributed by atoms with Crippen molar-refractivity contribution in [1.82, 2.24) is 5.06 Å². The van der Waals surface area contributed by atoms with E-state index >= 15 is 0 Å². The molecule has 1 aromatic rings. The number of carbonyl (C=O) groups is 3. The number of rotatable bonds is 2. The maximum absolute atomic E-state index is 12.9. The average Bonchev–Trinajstić information content (AvgIpc) is 3.01. The largest absolute Gasteiger partial charge is 0.363 e. The van der Waals surface area contributed by atoms with Crippen LogP contribution in [0.3, 0.4) is 0 Å². The highest BCUT2D eigenvalue weighted by atomic mass is 35.5. The molecule has 0 unspecified atom stereocenters. The Bertz CT molecular complexity index is 932. The fourth-order valence-corrected chi connectivity index (χ4v) is 6.84. The third-order valence-corrected chi connectivity index (χ3v) is 9.63. The van der Waals surface area contributed by atoms with Crippen molar-refractivity contribution >= 4 is 99.0 Å². The minimum absolute atomic E-state index is 0.0597. The summed E-state index contributed by atoms with van der Waals surface area (Å²) in [7, 11) is 0. The normalized spacial score (nSPS) is 35.6. The van der Waals surface area contributed by atoms with Crippen molar-refractivity contribution in [2.45, 2.75) is 14.1 Å². The van der Waals surface area contributed by atoms with E-state index in [1.807, 2.05) is 0 Å². The van der Waals surface area contributed by atoms with E-state index in [0.717, 1.165) is 0 Å². The minimum Gasteiger partial charge on any atom is -0.325 e. The number of fused-ring (bicyclic) bond motifs is 5. The number of amides is 2. The lowest BCUT2D eigenvalue weighted by Gasteiger charge is -2.34. The Kier molecular flexibility index (Phi) is 4.69. The molecule has 12 heteroatoms. The average molecular weight is 524 g/mol. The zero-order chi connectivity index (χ0) is 20.8. The first-order valence-corrected chi connectivity index (χ1v) is 10.2. The van der Waals surface area contributed by atoms with Crippen LogP contribution in [0.4, 0.5) is 0 Å². The molecule has 1 aliphatic heterocycles. The van der Waals surface area contributed by atoms with Crippen molar-refractivity contribution in [1.29, 1.82) is 0 Å². The smallest absolute Gasteiger partial charge is 0.325 e. The zero-order valence-electron chi connectivity index (χ0n) is 13.2. The van der Waals surface area contributed by atoms with Crippen molar-refractivity contribution in [2.24, 2.45) is 11.8 Å². The summed E-state index contributed by atoms with van der Waals surface area (Å²) in [4.78, 5) is 39.2. The van der Waals surface area contributed by atoms with Gasteiger partial charge in [-0.2, -0.15) is 0 Å². The van der Waals surface area contributed by atoms with E-state index in [1.165, 1.54) is 24.3 Å². The highest BCUT2D eigenvalue weighted by Gasteiger charge is 2.88. The number of hydrogen-bond acceptors (Lipinski definition) is 4. The van der Waals surface area contributed by atoms with Crippen LogP contribution in [-0.4, -0.2) is 36.9 Å². The van der Waals surface area contributed by atoms with Gasteiger partial charge in [-0.1, -0.05) is 58.0 Å². The molecule has 0 spiro atoms. The zero-order valence-corrected chi connectivity index (χ0v) is 18.5. The predicted molar refractivity (Wildman–Crippen MR) is 106 cm³/mol. The van der Waals surface area contributed by atoms with Gasteiger partial charge in [-0.15, -0.1) is 28.3 Å². The molecule has 1 saturated heterocycles. The summed E-state index contributed by atoms with van der Waals surface area (Å²) in [5.41, 5.74) is 0.0597. The van der Waals surface area contributed by atoms with Crippen molar-refractivity contribution in [3.05, 3.63) is 44.9 Å². The third kappa shape index (κ3) is 2.22. The Labute approximate surface area is 193 Å². The number of hydrogen-bond donors (Lipinski definition) is 0. The topological polar surface area (TPSA) is 63.7 Å². The fraction of sp³-hybridized carbons (Fsp3) is 0.312. The molecule has 1 heterocycles. The Hall–Kier alpha value is -0.400. The molecule has 4 rings (SSSR count). The number of allylic oxidation sites excluding steroid dienone is 2. The van der Waals surface area contributed by atoms with Crippen LogP contribution in [0.25, 0.3) is 0 Å². The lowest BCUT2D eigenvalue weighted by atomic mass is 9.84. The molecule has 1 aromatic carbocycles. The van der Waals surface area contributed by atoms with Crippen LogP contribution in [-0.2, 0) is 14.4 Å². The number of hydroxylamine groups is 2. The second-order valence-electron chi connectivity index (χ2n) is 6.44. The number of alkyl halides is 4. The number of benzene rings is 1. The van der Waals surface area contributed by atoms with E-state index in [1.54, 1.807) is 0 Å². The van der Waals surface area contributed by atoms with E-state index < -0.39 is 43.7 Å². The third-order valence-electron chi connectivity index (χ3n) is 5.12. The molecular weight excluding hydrogens is 518 g/mol. The van der Waals surface area contributed by atoms with E-state index in [-0.39, 0.29) is 15.6 Å². The number of imide groups is 1. The summed E-state index contributed by atoms with van der Waals surface area (Å²) in [5.74, 6) is -5.62. The standard InChI is InChI=1S/C16H6Cl7NO4/c17-6-3-1-5(2-4-6)13(27)28-24-11(25)7-8(12(24)26)15(21)10(19)9(18)14(7,20)16(15,22)23/h1-4,7-8H/t7-,8-,14-,15-/m0/s1. The molecular formula is C16H6Cl7NO4. The summed E-state index contributed by atoms with van der Waals surface area (Å²) >= 11 is 43.9. The molecule has 0 radical (unpaired) electrons. The summed E-state index contributed by atoms with van der Waals surface area (Å²) in [5, 5.41) is 0.219. The van der Waals surface area contributed by atoms with Crippen LogP contribution < -0.4 is 0 Å². The van der Waals surface area contributed by atoms with Gasteiger partial charge in [0, 0.05) is 5.02 Å². The highest BCUT2D eigenvalue weighted by molar-refractivity contribution is 6.66. The van der Waals surface area contributed by atoms with Gasteiger partial charge in [-0.3, -0.25) is 9.59 Å². The van der Waals surface area contributed by atoms with Gasteiger partial charge in [-0.25, -0.2) is 4.79 Å². The molecule has 2 amide bonds. The summed E-state index contributed by atoms with van der Waals surface area (Å²) in [6.07, 6.45) is 0. The second kappa shape index (κ2) is 6.30. The van der Waals surface area contributed by atoms with Gasteiger partial charge < -0.3 is 4.84 Å². The molecule has 2 aliphatic carbocycles. The Morgan fingerprint density at radius 3 is 1.71 bits per heavy atom. The van der Waals surface area contributed by atoms with Crippen LogP contribution >= 0.6 is 81.2 Å². The van der Waals surface area contributed by atoms with E-state index in [4.69, 9.17) is 86.0 Å².